The van der Waals surface area contributed by atoms with E-state index in [4.69, 9.17) is 5.11 Å². The Morgan fingerprint density at radius 2 is 2.21 bits per heavy atom. The number of aliphatic carboxylic acids is 1. The van der Waals surface area contributed by atoms with Crippen molar-refractivity contribution in [3.63, 3.8) is 0 Å². The summed E-state index contributed by atoms with van der Waals surface area (Å²) in [7, 11) is -3.42. The molecule has 0 aliphatic carbocycles. The number of hydrogen-bond donors (Lipinski definition) is 2. The molecule has 14 heavy (non-hydrogen) atoms. The van der Waals surface area contributed by atoms with Crippen LogP contribution in [0.25, 0.3) is 0 Å². The second kappa shape index (κ2) is 5.77. The SMILES string of the molecule is C=CCS(=O)(=O)NC(CC)CC(=O)O. The largest absolute Gasteiger partial charge is 0.481 e. The van der Waals surface area contributed by atoms with Gasteiger partial charge in [0.25, 0.3) is 0 Å². The molecule has 82 valence electrons. The Bertz CT molecular complexity index is 296. The van der Waals surface area contributed by atoms with Crippen molar-refractivity contribution in [2.45, 2.75) is 25.8 Å². The van der Waals surface area contributed by atoms with Gasteiger partial charge in [-0.25, -0.2) is 13.1 Å². The molecule has 0 aromatic carbocycles. The lowest BCUT2D eigenvalue weighted by atomic mass is 10.2. The lowest BCUT2D eigenvalue weighted by molar-refractivity contribution is -0.137. The van der Waals surface area contributed by atoms with Crippen LogP contribution in [0.15, 0.2) is 12.7 Å². The van der Waals surface area contributed by atoms with E-state index in [-0.39, 0.29) is 12.2 Å². The fraction of sp³-hybridized carbons (Fsp3) is 0.625. The molecular formula is C8H15NO4S. The second-order valence-corrected chi connectivity index (χ2v) is 4.69. The molecule has 0 amide bonds. The van der Waals surface area contributed by atoms with E-state index in [9.17, 15) is 13.2 Å². The predicted molar refractivity (Wildman–Crippen MR) is 53.5 cm³/mol. The Hall–Kier alpha value is -0.880. The molecule has 0 aromatic heterocycles. The number of carboxylic acid groups (broad SMARTS) is 1. The summed E-state index contributed by atoms with van der Waals surface area (Å²) < 4.78 is 24.7. The Balaban J connectivity index is 4.30. The molecule has 5 nitrogen and oxygen atoms in total. The summed E-state index contributed by atoms with van der Waals surface area (Å²) in [6.07, 6.45) is 1.51. The quantitative estimate of drug-likeness (QED) is 0.607. The maximum absolute atomic E-state index is 11.2. The van der Waals surface area contributed by atoms with Crippen molar-refractivity contribution in [3.8, 4) is 0 Å². The topological polar surface area (TPSA) is 83.5 Å². The number of carboxylic acids is 1. The van der Waals surface area contributed by atoms with Crippen LogP contribution in [0.3, 0.4) is 0 Å². The molecule has 6 heteroatoms. The van der Waals surface area contributed by atoms with Crippen LogP contribution in [-0.2, 0) is 14.8 Å². The fourth-order valence-electron chi connectivity index (χ4n) is 0.937. The standard InChI is InChI=1S/C8H15NO4S/c1-3-5-14(12,13)9-7(4-2)6-8(10)11/h3,7,9H,1,4-6H2,2H3,(H,10,11). The monoisotopic (exact) mass is 221 g/mol. The molecule has 0 aliphatic heterocycles. The Labute approximate surface area is 83.9 Å². The van der Waals surface area contributed by atoms with Gasteiger partial charge in [-0.1, -0.05) is 13.0 Å². The summed E-state index contributed by atoms with van der Waals surface area (Å²) in [4.78, 5) is 10.4. The molecule has 1 unspecified atom stereocenters. The normalized spacial score (nSPS) is 13.5. The molecule has 0 rings (SSSR count). The first-order chi connectivity index (χ1) is 6.41. The molecule has 0 spiro atoms. The van der Waals surface area contributed by atoms with E-state index in [0.717, 1.165) is 0 Å². The average Bonchev–Trinajstić information content (AvgIpc) is 2.01. The van der Waals surface area contributed by atoms with E-state index in [1.807, 2.05) is 0 Å². The fourth-order valence-corrected chi connectivity index (χ4v) is 2.10. The summed E-state index contributed by atoms with van der Waals surface area (Å²) in [5.41, 5.74) is 0. The zero-order valence-electron chi connectivity index (χ0n) is 8.06. The van der Waals surface area contributed by atoms with E-state index in [1.165, 1.54) is 6.08 Å². The second-order valence-electron chi connectivity index (χ2n) is 2.89. The number of sulfonamides is 1. The first-order valence-corrected chi connectivity index (χ1v) is 5.89. The van der Waals surface area contributed by atoms with Gasteiger partial charge >= 0.3 is 5.97 Å². The van der Waals surface area contributed by atoms with Crippen LogP contribution in [-0.4, -0.2) is 31.3 Å². The van der Waals surface area contributed by atoms with Gasteiger partial charge in [0.15, 0.2) is 0 Å². The Kier molecular flexibility index (Phi) is 5.40. The highest BCUT2D eigenvalue weighted by Gasteiger charge is 2.17. The van der Waals surface area contributed by atoms with Crippen molar-refractivity contribution >= 4 is 16.0 Å². The van der Waals surface area contributed by atoms with E-state index in [0.29, 0.717) is 6.42 Å². The third-order valence-corrected chi connectivity index (χ3v) is 2.96. The van der Waals surface area contributed by atoms with E-state index < -0.39 is 22.0 Å². The highest BCUT2D eigenvalue weighted by molar-refractivity contribution is 7.89. The van der Waals surface area contributed by atoms with Crippen LogP contribution in [0, 0.1) is 0 Å². The highest BCUT2D eigenvalue weighted by atomic mass is 32.2. The number of rotatable bonds is 7. The van der Waals surface area contributed by atoms with Gasteiger partial charge in [-0.3, -0.25) is 4.79 Å². The minimum absolute atomic E-state index is 0.191. The molecule has 0 saturated carbocycles. The average molecular weight is 221 g/mol. The van der Waals surface area contributed by atoms with Gasteiger partial charge < -0.3 is 5.11 Å². The minimum atomic E-state index is -3.42. The van der Waals surface area contributed by atoms with Crippen LogP contribution in [0.4, 0.5) is 0 Å². The number of nitrogens with one attached hydrogen (secondary N) is 1. The van der Waals surface area contributed by atoms with Crippen LogP contribution >= 0.6 is 0 Å². The van der Waals surface area contributed by atoms with Crippen LogP contribution in [0.2, 0.25) is 0 Å². The molecule has 0 saturated heterocycles. The van der Waals surface area contributed by atoms with Gasteiger partial charge in [-0.15, -0.1) is 6.58 Å². The zero-order chi connectivity index (χ0) is 11.2. The molecule has 0 heterocycles. The number of carbonyl (C=O) groups is 1. The van der Waals surface area contributed by atoms with Crippen LogP contribution in [0.1, 0.15) is 19.8 Å². The molecule has 0 aromatic rings. The molecular weight excluding hydrogens is 206 g/mol. The molecule has 0 aliphatic rings. The van der Waals surface area contributed by atoms with Gasteiger partial charge in [0, 0.05) is 6.04 Å². The van der Waals surface area contributed by atoms with Crippen LogP contribution < -0.4 is 4.72 Å². The molecule has 0 bridgehead atoms. The smallest absolute Gasteiger partial charge is 0.304 e. The Morgan fingerprint density at radius 3 is 2.57 bits per heavy atom. The highest BCUT2D eigenvalue weighted by Crippen LogP contribution is 2.00. The van der Waals surface area contributed by atoms with Gasteiger partial charge in [-0.05, 0) is 6.42 Å². The van der Waals surface area contributed by atoms with E-state index in [2.05, 4.69) is 11.3 Å². The van der Waals surface area contributed by atoms with Crippen molar-refractivity contribution in [2.24, 2.45) is 0 Å². The minimum Gasteiger partial charge on any atom is -0.481 e. The van der Waals surface area contributed by atoms with Crippen molar-refractivity contribution in [1.29, 1.82) is 0 Å². The molecule has 0 radical (unpaired) electrons. The third kappa shape index (κ3) is 5.71. The summed E-state index contributed by atoms with van der Waals surface area (Å²) in [6.45, 7) is 5.03. The van der Waals surface area contributed by atoms with Gasteiger partial charge in [0.1, 0.15) is 0 Å². The lowest BCUT2D eigenvalue weighted by Gasteiger charge is -2.13. The maximum atomic E-state index is 11.2. The number of hydrogen-bond acceptors (Lipinski definition) is 3. The van der Waals surface area contributed by atoms with Crippen molar-refractivity contribution in [1.82, 2.24) is 4.72 Å². The Morgan fingerprint density at radius 1 is 1.64 bits per heavy atom. The van der Waals surface area contributed by atoms with Gasteiger partial charge in [-0.2, -0.15) is 0 Å². The maximum Gasteiger partial charge on any atom is 0.304 e. The molecule has 2 N–H and O–H groups in total. The van der Waals surface area contributed by atoms with Crippen molar-refractivity contribution < 1.29 is 18.3 Å². The molecule has 0 fully saturated rings. The summed E-state index contributed by atoms with van der Waals surface area (Å²) >= 11 is 0. The summed E-state index contributed by atoms with van der Waals surface area (Å²) in [5, 5.41) is 8.49. The predicted octanol–water partition coefficient (Wildman–Crippen LogP) is 0.345. The summed E-state index contributed by atoms with van der Waals surface area (Å²) in [5.74, 6) is -1.21. The zero-order valence-corrected chi connectivity index (χ0v) is 8.88. The van der Waals surface area contributed by atoms with E-state index >= 15 is 0 Å². The third-order valence-electron chi connectivity index (χ3n) is 1.60. The lowest BCUT2D eigenvalue weighted by Crippen LogP contribution is -2.37. The van der Waals surface area contributed by atoms with Gasteiger partial charge in [0.05, 0.1) is 12.2 Å². The van der Waals surface area contributed by atoms with E-state index in [1.54, 1.807) is 6.92 Å². The molecule has 1 atom stereocenters. The van der Waals surface area contributed by atoms with Crippen molar-refractivity contribution in [2.75, 3.05) is 5.75 Å². The summed E-state index contributed by atoms with van der Waals surface area (Å²) in [6, 6.07) is -0.544. The van der Waals surface area contributed by atoms with Gasteiger partial charge in [0.2, 0.25) is 10.0 Å². The first-order valence-electron chi connectivity index (χ1n) is 4.24. The van der Waals surface area contributed by atoms with Crippen molar-refractivity contribution in [3.05, 3.63) is 12.7 Å². The van der Waals surface area contributed by atoms with Crippen LogP contribution in [0.5, 0.6) is 0 Å². The first kappa shape index (κ1) is 13.1.